The van der Waals surface area contributed by atoms with Crippen molar-refractivity contribution in [1.29, 1.82) is 0 Å². The number of hydrogen-bond acceptors (Lipinski definition) is 1. The second kappa shape index (κ2) is 5.95. The van der Waals surface area contributed by atoms with Crippen LogP contribution in [-0.4, -0.2) is 13.0 Å². The maximum absolute atomic E-state index is 5.69. The third-order valence-electron chi connectivity index (χ3n) is 2.73. The monoisotopic (exact) mass is 238 g/mol. The molecule has 0 unspecified atom stereocenters. The Morgan fingerprint density at radius 3 is 2.56 bits per heavy atom. The summed E-state index contributed by atoms with van der Waals surface area (Å²) < 4.78 is 5.30. The lowest BCUT2D eigenvalue weighted by Crippen LogP contribution is -1.93. The molecule has 1 aromatic carbocycles. The third kappa shape index (κ3) is 3.02. The van der Waals surface area contributed by atoms with Gasteiger partial charge in [0.2, 0.25) is 0 Å². The molecule has 0 aliphatic rings. The lowest BCUT2D eigenvalue weighted by Gasteiger charge is -2.11. The van der Waals surface area contributed by atoms with Crippen LogP contribution in [0.4, 0.5) is 0 Å². The maximum atomic E-state index is 5.69. The van der Waals surface area contributed by atoms with E-state index in [4.69, 9.17) is 16.3 Å². The number of halogens is 1. The topological polar surface area (TPSA) is 9.23 Å². The van der Waals surface area contributed by atoms with Gasteiger partial charge >= 0.3 is 0 Å². The second-order valence-electron chi connectivity index (χ2n) is 4.00. The minimum Gasteiger partial charge on any atom is -0.496 e. The molecule has 0 aliphatic heterocycles. The van der Waals surface area contributed by atoms with Crippen LogP contribution in [0.2, 0.25) is 0 Å². The van der Waals surface area contributed by atoms with Crippen LogP contribution < -0.4 is 4.74 Å². The van der Waals surface area contributed by atoms with Crippen LogP contribution in [0.25, 0.3) is 5.57 Å². The number of methoxy groups -OCH3 is 1. The first-order valence-electron chi connectivity index (χ1n) is 5.48. The van der Waals surface area contributed by atoms with Gasteiger partial charge in [0.05, 0.1) is 7.11 Å². The highest BCUT2D eigenvalue weighted by Crippen LogP contribution is 2.27. The van der Waals surface area contributed by atoms with Crippen molar-refractivity contribution in [2.75, 3.05) is 13.0 Å². The van der Waals surface area contributed by atoms with E-state index in [1.807, 2.05) is 0 Å². The molecular formula is C14H19ClO. The van der Waals surface area contributed by atoms with Crippen molar-refractivity contribution >= 4 is 17.2 Å². The van der Waals surface area contributed by atoms with Crippen molar-refractivity contribution in [3.8, 4) is 5.75 Å². The summed E-state index contributed by atoms with van der Waals surface area (Å²) in [4.78, 5) is 0. The summed E-state index contributed by atoms with van der Waals surface area (Å²) in [6.45, 7) is 6.30. The second-order valence-corrected chi connectivity index (χ2v) is 4.38. The molecule has 1 rings (SSSR count). The highest BCUT2D eigenvalue weighted by molar-refractivity contribution is 6.17. The van der Waals surface area contributed by atoms with Gasteiger partial charge in [0.25, 0.3) is 0 Å². The van der Waals surface area contributed by atoms with E-state index >= 15 is 0 Å². The van der Waals surface area contributed by atoms with Gasteiger partial charge in [-0.3, -0.25) is 0 Å². The molecular weight excluding hydrogens is 220 g/mol. The first-order chi connectivity index (χ1) is 7.60. The number of allylic oxidation sites excluding steroid dienone is 2. The van der Waals surface area contributed by atoms with Crippen molar-refractivity contribution < 1.29 is 4.74 Å². The molecule has 1 nitrogen and oxygen atoms in total. The molecule has 0 radical (unpaired) electrons. The first kappa shape index (κ1) is 13.1. The predicted octanol–water partition coefficient (Wildman–Crippen LogP) is 4.34. The fourth-order valence-electron chi connectivity index (χ4n) is 1.82. The van der Waals surface area contributed by atoms with Gasteiger partial charge in [-0.1, -0.05) is 6.08 Å². The molecule has 0 saturated heterocycles. The fraction of sp³-hybridized carbons (Fsp3) is 0.429. The Bertz CT molecular complexity index is 394. The number of aryl methyl sites for hydroxylation is 2. The minimum absolute atomic E-state index is 0.672. The van der Waals surface area contributed by atoms with E-state index in [9.17, 15) is 0 Å². The van der Waals surface area contributed by atoms with Crippen LogP contribution in [0.15, 0.2) is 18.2 Å². The lowest BCUT2D eigenvalue weighted by molar-refractivity contribution is 0.411. The standard InChI is InChI=1S/C14H19ClO/c1-10(6-5-7-15)13-8-12(3)14(16-4)9-11(13)2/h6,8-9H,5,7H2,1-4H3/b10-6+. The molecule has 1 aromatic rings. The quantitative estimate of drug-likeness (QED) is 0.709. The molecule has 0 aromatic heterocycles. The van der Waals surface area contributed by atoms with E-state index in [-0.39, 0.29) is 0 Å². The van der Waals surface area contributed by atoms with Crippen LogP contribution in [0.1, 0.15) is 30.0 Å². The van der Waals surface area contributed by atoms with Gasteiger partial charge in [-0.05, 0) is 61.6 Å². The van der Waals surface area contributed by atoms with Crippen LogP contribution >= 0.6 is 11.6 Å². The highest BCUT2D eigenvalue weighted by Gasteiger charge is 2.05. The summed E-state index contributed by atoms with van der Waals surface area (Å²) in [5.41, 5.74) is 4.97. The van der Waals surface area contributed by atoms with Gasteiger partial charge in [-0.2, -0.15) is 0 Å². The molecule has 2 heteroatoms. The summed E-state index contributed by atoms with van der Waals surface area (Å²) in [5, 5.41) is 0. The van der Waals surface area contributed by atoms with Crippen molar-refractivity contribution in [2.24, 2.45) is 0 Å². The van der Waals surface area contributed by atoms with Crippen molar-refractivity contribution in [1.82, 2.24) is 0 Å². The predicted molar refractivity (Wildman–Crippen MR) is 71.5 cm³/mol. The largest absolute Gasteiger partial charge is 0.496 e. The molecule has 0 N–H and O–H groups in total. The lowest BCUT2D eigenvalue weighted by atomic mass is 9.98. The van der Waals surface area contributed by atoms with Crippen molar-refractivity contribution in [2.45, 2.75) is 27.2 Å². The molecule has 0 amide bonds. The van der Waals surface area contributed by atoms with Gasteiger partial charge in [0.1, 0.15) is 5.75 Å². The van der Waals surface area contributed by atoms with Gasteiger partial charge < -0.3 is 4.74 Å². The van der Waals surface area contributed by atoms with Crippen LogP contribution in [0, 0.1) is 13.8 Å². The zero-order valence-corrected chi connectivity index (χ0v) is 11.2. The number of benzene rings is 1. The van der Waals surface area contributed by atoms with E-state index in [1.54, 1.807) is 7.11 Å². The summed E-state index contributed by atoms with van der Waals surface area (Å²) >= 11 is 5.69. The zero-order valence-electron chi connectivity index (χ0n) is 10.4. The smallest absolute Gasteiger partial charge is 0.122 e. The Labute approximate surface area is 103 Å². The number of alkyl halides is 1. The fourth-order valence-corrected chi connectivity index (χ4v) is 1.92. The van der Waals surface area contributed by atoms with Crippen LogP contribution in [0.5, 0.6) is 5.75 Å². The number of ether oxygens (including phenoxy) is 1. The Morgan fingerprint density at radius 2 is 2.00 bits per heavy atom. The molecule has 16 heavy (non-hydrogen) atoms. The van der Waals surface area contributed by atoms with E-state index in [2.05, 4.69) is 39.0 Å². The van der Waals surface area contributed by atoms with Gasteiger partial charge in [0, 0.05) is 5.88 Å². The normalized spacial score (nSPS) is 11.7. The molecule has 0 fully saturated rings. The Kier molecular flexibility index (Phi) is 4.88. The highest BCUT2D eigenvalue weighted by atomic mass is 35.5. The molecule has 0 heterocycles. The molecule has 0 bridgehead atoms. The van der Waals surface area contributed by atoms with Crippen molar-refractivity contribution in [3.63, 3.8) is 0 Å². The molecule has 0 spiro atoms. The zero-order chi connectivity index (χ0) is 12.1. The number of hydrogen-bond donors (Lipinski definition) is 0. The summed E-state index contributed by atoms with van der Waals surface area (Å²) in [7, 11) is 1.71. The third-order valence-corrected chi connectivity index (χ3v) is 2.94. The van der Waals surface area contributed by atoms with Crippen molar-refractivity contribution in [3.05, 3.63) is 34.9 Å². The van der Waals surface area contributed by atoms with Gasteiger partial charge in [-0.25, -0.2) is 0 Å². The number of rotatable bonds is 4. The summed E-state index contributed by atoms with van der Waals surface area (Å²) in [6, 6.07) is 4.26. The van der Waals surface area contributed by atoms with Crippen LogP contribution in [0.3, 0.4) is 0 Å². The van der Waals surface area contributed by atoms with E-state index in [1.165, 1.54) is 22.3 Å². The van der Waals surface area contributed by atoms with E-state index in [0.29, 0.717) is 5.88 Å². The Balaban J connectivity index is 3.10. The van der Waals surface area contributed by atoms with Gasteiger partial charge in [0.15, 0.2) is 0 Å². The molecule has 0 atom stereocenters. The summed E-state index contributed by atoms with van der Waals surface area (Å²) in [5.74, 6) is 1.62. The minimum atomic E-state index is 0.672. The van der Waals surface area contributed by atoms with Crippen LogP contribution in [-0.2, 0) is 0 Å². The Hall–Kier alpha value is -0.950. The SMILES string of the molecule is COc1cc(C)c(/C(C)=C/CCCl)cc1C. The van der Waals surface area contributed by atoms with Gasteiger partial charge in [-0.15, -0.1) is 11.6 Å². The average molecular weight is 239 g/mol. The average Bonchev–Trinajstić information content (AvgIpc) is 2.28. The summed E-state index contributed by atoms with van der Waals surface area (Å²) in [6.07, 6.45) is 3.10. The van der Waals surface area contributed by atoms with E-state index < -0.39 is 0 Å². The van der Waals surface area contributed by atoms with E-state index in [0.717, 1.165) is 12.2 Å². The Morgan fingerprint density at radius 1 is 1.31 bits per heavy atom. The first-order valence-corrected chi connectivity index (χ1v) is 6.02. The molecule has 88 valence electrons. The molecule has 0 aliphatic carbocycles. The molecule has 0 saturated carbocycles. The maximum Gasteiger partial charge on any atom is 0.122 e.